The summed E-state index contributed by atoms with van der Waals surface area (Å²) in [7, 11) is -7.56. The fraction of sp³-hybridized carbons (Fsp3) is 0.167. The van der Waals surface area contributed by atoms with Crippen molar-refractivity contribution in [2.75, 3.05) is 7.11 Å². The Bertz CT molecular complexity index is 1660. The summed E-state index contributed by atoms with van der Waals surface area (Å²) in [5.74, 6) is -0.320. The Labute approximate surface area is 234 Å². The molecule has 0 aromatic heterocycles. The largest absolute Gasteiger partial charge is 0.497 e. The lowest BCUT2D eigenvalue weighted by molar-refractivity contribution is 0.0460. The van der Waals surface area contributed by atoms with E-state index in [0.29, 0.717) is 5.75 Å². The van der Waals surface area contributed by atoms with Gasteiger partial charge in [-0.25, -0.2) is 0 Å². The minimum Gasteiger partial charge on any atom is -0.497 e. The van der Waals surface area contributed by atoms with Crippen molar-refractivity contribution in [1.82, 2.24) is 0 Å². The highest BCUT2D eigenvalue weighted by atomic mass is 32.2. The van der Waals surface area contributed by atoms with Crippen LogP contribution in [0.3, 0.4) is 0 Å². The lowest BCUT2D eigenvalue weighted by Gasteiger charge is -2.26. The second-order valence-electron chi connectivity index (χ2n) is 9.07. The highest BCUT2D eigenvalue weighted by Crippen LogP contribution is 2.33. The fourth-order valence-corrected chi connectivity index (χ4v) is 5.97. The van der Waals surface area contributed by atoms with Crippen molar-refractivity contribution in [3.05, 3.63) is 125 Å². The molecule has 10 heteroatoms. The topological polar surface area (TPSA) is 113 Å². The van der Waals surface area contributed by atoms with Crippen molar-refractivity contribution in [2.24, 2.45) is 0 Å². The van der Waals surface area contributed by atoms with Crippen molar-refractivity contribution in [3.63, 3.8) is 0 Å². The van der Waals surface area contributed by atoms with Crippen LogP contribution >= 0.6 is 0 Å². The third-order valence-corrected chi connectivity index (χ3v) is 8.74. The van der Waals surface area contributed by atoms with E-state index < -0.39 is 38.2 Å². The summed E-state index contributed by atoms with van der Waals surface area (Å²) in [6.45, 7) is 3.60. The Morgan fingerprint density at radius 3 is 1.57 bits per heavy atom. The Kier molecular flexibility index (Phi) is 8.85. The normalized spacial score (nSPS) is 13.4. The van der Waals surface area contributed by atoms with Crippen LogP contribution in [-0.2, 0) is 28.6 Å². The number of carbonyl (C=O) groups excluding carboxylic acids is 1. The molecular weight excluding hydrogens is 552 g/mol. The number of rotatable bonds is 11. The lowest BCUT2D eigenvalue weighted by atomic mass is 9.97. The Balaban J connectivity index is 1.85. The second-order valence-corrected chi connectivity index (χ2v) is 12.2. The molecule has 2 atom stereocenters. The number of benzene rings is 4. The lowest BCUT2D eigenvalue weighted by Crippen LogP contribution is -2.36. The predicted molar refractivity (Wildman–Crippen MR) is 149 cm³/mol. The summed E-state index contributed by atoms with van der Waals surface area (Å²) in [6.07, 6.45) is -3.58. The molecule has 4 aromatic rings. The van der Waals surface area contributed by atoms with E-state index in [1.54, 1.807) is 68.4 Å². The average Bonchev–Trinajstić information content (AvgIpc) is 2.95. The Morgan fingerprint density at radius 1 is 0.625 bits per heavy atom. The third-order valence-electron chi connectivity index (χ3n) is 6.12. The third kappa shape index (κ3) is 6.83. The van der Waals surface area contributed by atoms with Gasteiger partial charge in [0, 0.05) is 5.56 Å². The number of ether oxygens (including phenoxy) is 1. The van der Waals surface area contributed by atoms with Crippen LogP contribution in [0.4, 0.5) is 0 Å². The summed E-state index contributed by atoms with van der Waals surface area (Å²) in [5.41, 5.74) is 1.95. The van der Waals surface area contributed by atoms with Crippen LogP contribution in [0.25, 0.3) is 0 Å². The van der Waals surface area contributed by atoms with E-state index in [-0.39, 0.29) is 20.9 Å². The smallest absolute Gasteiger partial charge is 0.297 e. The quantitative estimate of drug-likeness (QED) is 0.171. The van der Waals surface area contributed by atoms with Gasteiger partial charge in [-0.2, -0.15) is 16.8 Å². The number of Topliss-reactive ketones (excluding diaryl/α,β-unsaturated/α-hetero) is 1. The number of methoxy groups -OCH3 is 1. The van der Waals surface area contributed by atoms with E-state index in [9.17, 15) is 21.6 Å². The molecule has 0 N–H and O–H groups in total. The Hall–Kier alpha value is -3.83. The van der Waals surface area contributed by atoms with E-state index in [1.165, 1.54) is 55.6 Å². The SMILES string of the molecule is COc1ccc(C(OS(=O)(=O)c2ccc(C)cc2)C(OS(=O)(=O)c2ccc(C)cc2)C(=O)c2ccccc2)cc1. The zero-order chi connectivity index (χ0) is 28.9. The van der Waals surface area contributed by atoms with Crippen molar-refractivity contribution in [3.8, 4) is 5.75 Å². The maximum atomic E-state index is 13.8. The van der Waals surface area contributed by atoms with Gasteiger partial charge < -0.3 is 4.74 Å². The maximum absolute atomic E-state index is 13.8. The first-order valence-corrected chi connectivity index (χ1v) is 15.0. The number of ketones is 1. The molecule has 40 heavy (non-hydrogen) atoms. The summed E-state index contributed by atoms with van der Waals surface area (Å²) >= 11 is 0. The van der Waals surface area contributed by atoms with Crippen LogP contribution in [0.2, 0.25) is 0 Å². The van der Waals surface area contributed by atoms with Gasteiger partial charge in [0.25, 0.3) is 20.2 Å². The highest BCUT2D eigenvalue weighted by Gasteiger charge is 2.40. The minimum atomic E-state index is -4.54. The minimum absolute atomic E-state index is 0.112. The number of carbonyl (C=O) groups is 1. The summed E-state index contributed by atoms with van der Waals surface area (Å²) in [6, 6.07) is 25.7. The van der Waals surface area contributed by atoms with Crippen LogP contribution in [-0.4, -0.2) is 35.8 Å². The number of aryl methyl sites for hydroxylation is 2. The zero-order valence-electron chi connectivity index (χ0n) is 22.1. The summed E-state index contributed by atoms with van der Waals surface area (Å²) < 4.78 is 70.1. The first-order chi connectivity index (χ1) is 19.0. The molecule has 0 fully saturated rings. The van der Waals surface area contributed by atoms with Crippen molar-refractivity contribution < 1.29 is 34.7 Å². The van der Waals surface area contributed by atoms with Gasteiger partial charge in [-0.3, -0.25) is 13.2 Å². The molecule has 0 saturated heterocycles. The van der Waals surface area contributed by atoms with Crippen molar-refractivity contribution in [2.45, 2.75) is 35.8 Å². The van der Waals surface area contributed by atoms with Crippen molar-refractivity contribution in [1.29, 1.82) is 0 Å². The van der Waals surface area contributed by atoms with Crippen molar-refractivity contribution >= 4 is 26.0 Å². The van der Waals surface area contributed by atoms with Crippen LogP contribution in [0, 0.1) is 13.8 Å². The van der Waals surface area contributed by atoms with Crippen LogP contribution < -0.4 is 4.74 Å². The maximum Gasteiger partial charge on any atom is 0.297 e. The average molecular weight is 581 g/mol. The number of hydrogen-bond donors (Lipinski definition) is 0. The van der Waals surface area contributed by atoms with E-state index in [1.807, 2.05) is 0 Å². The molecular formula is C30H28O8S2. The van der Waals surface area contributed by atoms with Crippen LogP contribution in [0.5, 0.6) is 5.75 Å². The highest BCUT2D eigenvalue weighted by molar-refractivity contribution is 7.87. The van der Waals surface area contributed by atoms with E-state index in [2.05, 4.69) is 0 Å². The van der Waals surface area contributed by atoms with E-state index in [0.717, 1.165) is 11.1 Å². The molecule has 0 radical (unpaired) electrons. The predicted octanol–water partition coefficient (Wildman–Crippen LogP) is 5.42. The first-order valence-electron chi connectivity index (χ1n) is 12.2. The van der Waals surface area contributed by atoms with Crippen LogP contribution in [0.15, 0.2) is 113 Å². The molecule has 0 aliphatic carbocycles. The van der Waals surface area contributed by atoms with Crippen LogP contribution in [0.1, 0.15) is 33.2 Å². The van der Waals surface area contributed by atoms with Gasteiger partial charge in [-0.05, 0) is 55.8 Å². The molecule has 0 bridgehead atoms. The molecule has 208 valence electrons. The van der Waals surface area contributed by atoms with Gasteiger partial charge in [0.05, 0.1) is 16.9 Å². The van der Waals surface area contributed by atoms with Gasteiger partial charge in [-0.1, -0.05) is 77.9 Å². The molecule has 0 aliphatic heterocycles. The van der Waals surface area contributed by atoms with Gasteiger partial charge in [0.2, 0.25) is 0 Å². The van der Waals surface area contributed by atoms with Gasteiger partial charge in [-0.15, -0.1) is 0 Å². The molecule has 0 spiro atoms. The second kappa shape index (κ2) is 12.1. The van der Waals surface area contributed by atoms with Gasteiger partial charge in [0.1, 0.15) is 11.9 Å². The standard InChI is InChI=1S/C30H28O8S2/c1-21-9-17-26(18-10-21)39(32,33)37-29(24-13-15-25(36-3)16-14-24)30(28(31)23-7-5-4-6-8-23)38-40(34,35)27-19-11-22(2)12-20-27/h4-20,29-30H,1-3H3. The zero-order valence-corrected chi connectivity index (χ0v) is 23.7. The molecule has 2 unspecified atom stereocenters. The summed E-state index contributed by atoms with van der Waals surface area (Å²) in [5, 5.41) is 0. The monoisotopic (exact) mass is 580 g/mol. The van der Waals surface area contributed by atoms with Gasteiger partial charge in [0.15, 0.2) is 11.9 Å². The first kappa shape index (κ1) is 29.2. The molecule has 4 aromatic carbocycles. The molecule has 0 aliphatic rings. The molecule has 0 amide bonds. The molecule has 8 nitrogen and oxygen atoms in total. The summed E-state index contributed by atoms with van der Waals surface area (Å²) in [4.78, 5) is 13.5. The molecule has 0 heterocycles. The molecule has 4 rings (SSSR count). The van der Waals surface area contributed by atoms with E-state index in [4.69, 9.17) is 13.1 Å². The molecule has 0 saturated carbocycles. The Morgan fingerprint density at radius 2 is 1.10 bits per heavy atom. The van der Waals surface area contributed by atoms with E-state index >= 15 is 0 Å². The fourth-order valence-electron chi connectivity index (χ4n) is 3.87. The number of hydrogen-bond acceptors (Lipinski definition) is 8. The van der Waals surface area contributed by atoms with Gasteiger partial charge >= 0.3 is 0 Å².